The molecule has 0 saturated carbocycles. The Kier molecular flexibility index (Phi) is 4.77. The van der Waals surface area contributed by atoms with Crippen molar-refractivity contribution < 1.29 is 14.7 Å². The highest BCUT2D eigenvalue weighted by atomic mass is 16.4. The number of rotatable bonds is 4. The van der Waals surface area contributed by atoms with E-state index in [0.717, 1.165) is 0 Å². The molecule has 94 valence electrons. The lowest BCUT2D eigenvalue weighted by Crippen LogP contribution is -2.46. The van der Waals surface area contributed by atoms with Gasteiger partial charge in [0.25, 0.3) is 0 Å². The standard InChI is InChI=1S/C12H15BN2O3/c1-7(2)10(11(16)17)15-12(18)14-9-5-3-8(13)4-6-9/h3-7,10H,1-2H3,(H,16,17)(H2,14,15,18)/t10-/m0/s1. The van der Waals surface area contributed by atoms with Crippen LogP contribution in [0.25, 0.3) is 0 Å². The first-order valence-corrected chi connectivity index (χ1v) is 5.56. The molecule has 0 heterocycles. The minimum Gasteiger partial charge on any atom is -0.480 e. The summed E-state index contributed by atoms with van der Waals surface area (Å²) < 4.78 is 0. The Morgan fingerprint density at radius 1 is 1.22 bits per heavy atom. The van der Waals surface area contributed by atoms with Crippen molar-refractivity contribution in [1.82, 2.24) is 5.32 Å². The molecule has 1 aromatic carbocycles. The number of hydrogen-bond acceptors (Lipinski definition) is 2. The number of amides is 2. The number of aliphatic carboxylic acids is 1. The monoisotopic (exact) mass is 246 g/mol. The van der Waals surface area contributed by atoms with Crippen molar-refractivity contribution in [2.45, 2.75) is 19.9 Å². The fourth-order valence-electron chi connectivity index (χ4n) is 1.39. The lowest BCUT2D eigenvalue weighted by atomic mass is 9.96. The van der Waals surface area contributed by atoms with Gasteiger partial charge >= 0.3 is 12.0 Å². The van der Waals surface area contributed by atoms with Gasteiger partial charge in [-0.15, -0.1) is 0 Å². The van der Waals surface area contributed by atoms with E-state index >= 15 is 0 Å². The van der Waals surface area contributed by atoms with E-state index in [4.69, 9.17) is 13.0 Å². The van der Waals surface area contributed by atoms with Crippen molar-refractivity contribution in [2.24, 2.45) is 5.92 Å². The molecule has 2 amide bonds. The van der Waals surface area contributed by atoms with Gasteiger partial charge in [-0.1, -0.05) is 31.4 Å². The molecule has 0 aromatic heterocycles. The fourth-order valence-corrected chi connectivity index (χ4v) is 1.39. The molecule has 1 atom stereocenters. The maximum absolute atomic E-state index is 11.6. The molecule has 0 aliphatic rings. The summed E-state index contributed by atoms with van der Waals surface area (Å²) in [6.07, 6.45) is 0. The van der Waals surface area contributed by atoms with Crippen LogP contribution < -0.4 is 16.1 Å². The van der Waals surface area contributed by atoms with E-state index in [1.807, 2.05) is 0 Å². The Hall–Kier alpha value is -1.98. The zero-order chi connectivity index (χ0) is 13.7. The van der Waals surface area contributed by atoms with Crippen molar-refractivity contribution in [3.05, 3.63) is 24.3 Å². The molecule has 18 heavy (non-hydrogen) atoms. The Labute approximate surface area is 107 Å². The van der Waals surface area contributed by atoms with Crippen LogP contribution in [0.2, 0.25) is 0 Å². The Balaban J connectivity index is 2.60. The van der Waals surface area contributed by atoms with E-state index < -0.39 is 18.0 Å². The predicted molar refractivity (Wildman–Crippen MR) is 70.2 cm³/mol. The van der Waals surface area contributed by atoms with Gasteiger partial charge in [0.2, 0.25) is 0 Å². The predicted octanol–water partition coefficient (Wildman–Crippen LogP) is 0.711. The van der Waals surface area contributed by atoms with Crippen molar-refractivity contribution in [3.63, 3.8) is 0 Å². The van der Waals surface area contributed by atoms with E-state index in [9.17, 15) is 9.59 Å². The lowest BCUT2D eigenvalue weighted by molar-refractivity contribution is -0.140. The summed E-state index contributed by atoms with van der Waals surface area (Å²) in [7, 11) is 5.51. The second-order valence-corrected chi connectivity index (χ2v) is 4.28. The van der Waals surface area contributed by atoms with Crippen LogP contribution in [0.15, 0.2) is 24.3 Å². The van der Waals surface area contributed by atoms with E-state index in [-0.39, 0.29) is 5.92 Å². The van der Waals surface area contributed by atoms with Gasteiger partial charge in [-0.3, -0.25) is 0 Å². The van der Waals surface area contributed by atoms with Crippen LogP contribution in [0.5, 0.6) is 0 Å². The lowest BCUT2D eigenvalue weighted by Gasteiger charge is -2.18. The number of carboxylic acid groups (broad SMARTS) is 1. The van der Waals surface area contributed by atoms with Gasteiger partial charge in [0, 0.05) is 5.69 Å². The summed E-state index contributed by atoms with van der Waals surface area (Å²) in [4.78, 5) is 22.5. The summed E-state index contributed by atoms with van der Waals surface area (Å²) in [6, 6.07) is 5.10. The van der Waals surface area contributed by atoms with Crippen molar-refractivity contribution in [3.8, 4) is 0 Å². The molecule has 0 aliphatic carbocycles. The second kappa shape index (κ2) is 6.09. The third kappa shape index (κ3) is 4.12. The van der Waals surface area contributed by atoms with Gasteiger partial charge in [0.1, 0.15) is 13.9 Å². The van der Waals surface area contributed by atoms with Gasteiger partial charge in [0.15, 0.2) is 0 Å². The topological polar surface area (TPSA) is 78.4 Å². The Morgan fingerprint density at radius 2 is 1.78 bits per heavy atom. The number of benzene rings is 1. The van der Waals surface area contributed by atoms with Crippen molar-refractivity contribution in [1.29, 1.82) is 0 Å². The smallest absolute Gasteiger partial charge is 0.326 e. The quantitative estimate of drug-likeness (QED) is 0.684. The third-order valence-electron chi connectivity index (χ3n) is 2.39. The first-order chi connectivity index (χ1) is 8.40. The molecular weight excluding hydrogens is 231 g/mol. The summed E-state index contributed by atoms with van der Waals surface area (Å²) in [6.45, 7) is 3.45. The second-order valence-electron chi connectivity index (χ2n) is 4.28. The molecule has 0 fully saturated rings. The fraction of sp³-hybridized carbons (Fsp3) is 0.333. The van der Waals surface area contributed by atoms with Crippen LogP contribution in [0.3, 0.4) is 0 Å². The van der Waals surface area contributed by atoms with Crippen LogP contribution in [-0.4, -0.2) is 31.0 Å². The van der Waals surface area contributed by atoms with Gasteiger partial charge in [-0.2, -0.15) is 0 Å². The highest BCUT2D eigenvalue weighted by Gasteiger charge is 2.23. The normalized spacial score (nSPS) is 11.9. The maximum Gasteiger partial charge on any atom is 0.326 e. The van der Waals surface area contributed by atoms with Crippen molar-refractivity contribution in [2.75, 3.05) is 5.32 Å². The first-order valence-electron chi connectivity index (χ1n) is 5.56. The van der Waals surface area contributed by atoms with Crippen LogP contribution >= 0.6 is 0 Å². The molecule has 3 N–H and O–H groups in total. The largest absolute Gasteiger partial charge is 0.480 e. The zero-order valence-corrected chi connectivity index (χ0v) is 10.3. The molecule has 0 saturated heterocycles. The minimum absolute atomic E-state index is 0.195. The number of hydrogen-bond donors (Lipinski definition) is 3. The summed E-state index contributed by atoms with van der Waals surface area (Å²) in [5, 5.41) is 13.9. The maximum atomic E-state index is 11.6. The number of carbonyl (C=O) groups excluding carboxylic acids is 1. The van der Waals surface area contributed by atoms with E-state index in [2.05, 4.69) is 10.6 Å². The van der Waals surface area contributed by atoms with Crippen LogP contribution in [0, 0.1) is 5.92 Å². The van der Waals surface area contributed by atoms with E-state index in [1.54, 1.807) is 38.1 Å². The molecule has 5 nitrogen and oxygen atoms in total. The number of carbonyl (C=O) groups is 2. The number of anilines is 1. The molecule has 1 rings (SSSR count). The Morgan fingerprint density at radius 3 is 2.22 bits per heavy atom. The summed E-state index contributed by atoms with van der Waals surface area (Å²) in [5.41, 5.74) is 1.14. The first kappa shape index (κ1) is 14.1. The molecule has 0 aliphatic heterocycles. The van der Waals surface area contributed by atoms with Crippen molar-refractivity contribution >= 4 is 31.0 Å². The molecule has 2 radical (unpaired) electrons. The minimum atomic E-state index is -1.06. The number of carboxylic acids is 1. The van der Waals surface area contributed by atoms with Gasteiger partial charge < -0.3 is 15.7 Å². The summed E-state index contributed by atoms with van der Waals surface area (Å²) >= 11 is 0. The Bertz CT molecular complexity index is 431. The average molecular weight is 246 g/mol. The molecule has 6 heteroatoms. The zero-order valence-electron chi connectivity index (χ0n) is 10.3. The molecular formula is C12H15BN2O3. The molecule has 0 unspecified atom stereocenters. The highest BCUT2D eigenvalue weighted by molar-refractivity contribution is 6.32. The summed E-state index contributed by atoms with van der Waals surface area (Å²) in [5.74, 6) is -1.25. The SMILES string of the molecule is [B]c1ccc(NC(=O)N[C@H](C(=O)O)C(C)C)cc1. The van der Waals surface area contributed by atoms with Crippen LogP contribution in [-0.2, 0) is 4.79 Å². The van der Waals surface area contributed by atoms with Crippen LogP contribution in [0.4, 0.5) is 10.5 Å². The molecule has 1 aromatic rings. The highest BCUT2D eigenvalue weighted by Crippen LogP contribution is 2.05. The number of urea groups is 1. The van der Waals surface area contributed by atoms with E-state index in [1.165, 1.54) is 0 Å². The third-order valence-corrected chi connectivity index (χ3v) is 2.39. The average Bonchev–Trinajstić information content (AvgIpc) is 2.28. The number of nitrogens with one attached hydrogen (secondary N) is 2. The van der Waals surface area contributed by atoms with Gasteiger partial charge in [0.05, 0.1) is 0 Å². The van der Waals surface area contributed by atoms with E-state index in [0.29, 0.717) is 11.2 Å². The van der Waals surface area contributed by atoms with Gasteiger partial charge in [-0.25, -0.2) is 9.59 Å². The van der Waals surface area contributed by atoms with Crippen LogP contribution in [0.1, 0.15) is 13.8 Å². The molecule has 0 bridgehead atoms. The van der Waals surface area contributed by atoms with Gasteiger partial charge in [-0.05, 0) is 18.1 Å². The molecule has 0 spiro atoms.